The van der Waals surface area contributed by atoms with Crippen LogP contribution in [0.3, 0.4) is 0 Å². The first kappa shape index (κ1) is 13.1. The Morgan fingerprint density at radius 2 is 2.39 bits per heavy atom. The van der Waals surface area contributed by atoms with Crippen LogP contribution in [-0.4, -0.2) is 28.2 Å². The maximum atomic E-state index is 12.0. The minimum atomic E-state index is -0.171. The van der Waals surface area contributed by atoms with Crippen LogP contribution in [0.15, 0.2) is 18.3 Å². The van der Waals surface area contributed by atoms with E-state index in [4.69, 9.17) is 0 Å². The number of carbonyl (C=O) groups is 1. The van der Waals surface area contributed by atoms with Gasteiger partial charge in [0.05, 0.1) is 6.10 Å². The van der Waals surface area contributed by atoms with Crippen molar-refractivity contribution in [1.29, 1.82) is 0 Å². The Balaban J connectivity index is 1.85. The minimum absolute atomic E-state index is 0.00478. The Bertz CT molecular complexity index is 400. The second-order valence-corrected chi connectivity index (χ2v) is 5.13. The van der Waals surface area contributed by atoms with Crippen LogP contribution in [-0.2, 0) is 6.54 Å². The maximum Gasteiger partial charge on any atom is 0.267 e. The average Bonchev–Trinajstić information content (AvgIpc) is 2.96. The molecule has 100 valence electrons. The van der Waals surface area contributed by atoms with Gasteiger partial charge in [-0.25, -0.2) is 0 Å². The van der Waals surface area contributed by atoms with Crippen molar-refractivity contribution >= 4 is 5.91 Å². The molecule has 0 aliphatic heterocycles. The summed E-state index contributed by atoms with van der Waals surface area (Å²) < 4.78 is 1.98. The molecule has 2 rings (SSSR count). The Kier molecular flexibility index (Phi) is 4.42. The van der Waals surface area contributed by atoms with Gasteiger partial charge >= 0.3 is 0 Å². The molecule has 1 amide bonds. The van der Waals surface area contributed by atoms with E-state index in [0.717, 1.165) is 37.9 Å². The minimum Gasteiger partial charge on any atom is -0.393 e. The SMILES string of the molecule is CCCn1cccc1C(=O)NCC1CCC(O)C1. The number of amides is 1. The van der Waals surface area contributed by atoms with Crippen LogP contribution in [0.25, 0.3) is 0 Å². The van der Waals surface area contributed by atoms with Gasteiger partial charge in [-0.05, 0) is 43.7 Å². The van der Waals surface area contributed by atoms with E-state index in [9.17, 15) is 9.90 Å². The molecule has 1 aromatic rings. The van der Waals surface area contributed by atoms with Crippen LogP contribution < -0.4 is 5.32 Å². The number of hydrogen-bond acceptors (Lipinski definition) is 2. The normalized spacial score (nSPS) is 23.2. The molecule has 1 aromatic heterocycles. The Hall–Kier alpha value is -1.29. The van der Waals surface area contributed by atoms with E-state index in [0.29, 0.717) is 12.5 Å². The molecule has 2 unspecified atom stereocenters. The van der Waals surface area contributed by atoms with Gasteiger partial charge in [0.25, 0.3) is 5.91 Å². The topological polar surface area (TPSA) is 54.3 Å². The molecule has 2 N–H and O–H groups in total. The standard InChI is InChI=1S/C14H22N2O2/c1-2-7-16-8-3-4-13(16)14(18)15-10-11-5-6-12(17)9-11/h3-4,8,11-12,17H,2,5-7,9-10H2,1H3,(H,15,18). The molecule has 1 aliphatic carbocycles. The van der Waals surface area contributed by atoms with E-state index in [1.807, 2.05) is 22.9 Å². The second-order valence-electron chi connectivity index (χ2n) is 5.13. The van der Waals surface area contributed by atoms with E-state index < -0.39 is 0 Å². The molecule has 18 heavy (non-hydrogen) atoms. The summed E-state index contributed by atoms with van der Waals surface area (Å²) in [4.78, 5) is 12.0. The lowest BCUT2D eigenvalue weighted by atomic mass is 10.1. The molecule has 1 aliphatic rings. The number of rotatable bonds is 5. The molecule has 0 radical (unpaired) electrons. The first-order chi connectivity index (χ1) is 8.70. The lowest BCUT2D eigenvalue weighted by Crippen LogP contribution is -2.30. The summed E-state index contributed by atoms with van der Waals surface area (Å²) in [6.07, 6.45) is 5.48. The first-order valence-electron chi connectivity index (χ1n) is 6.82. The zero-order valence-corrected chi connectivity index (χ0v) is 10.9. The van der Waals surface area contributed by atoms with Gasteiger partial charge in [0, 0.05) is 19.3 Å². The van der Waals surface area contributed by atoms with E-state index in [2.05, 4.69) is 12.2 Å². The van der Waals surface area contributed by atoms with Crippen molar-refractivity contribution in [3.63, 3.8) is 0 Å². The predicted octanol–water partition coefficient (Wildman–Crippen LogP) is 1.79. The van der Waals surface area contributed by atoms with Crippen LogP contribution in [0.2, 0.25) is 0 Å². The molecule has 4 nitrogen and oxygen atoms in total. The van der Waals surface area contributed by atoms with Gasteiger partial charge in [-0.3, -0.25) is 4.79 Å². The van der Waals surface area contributed by atoms with Crippen LogP contribution in [0, 0.1) is 5.92 Å². The van der Waals surface area contributed by atoms with Crippen molar-refractivity contribution < 1.29 is 9.90 Å². The highest BCUT2D eigenvalue weighted by atomic mass is 16.3. The molecule has 1 heterocycles. The molecule has 0 aromatic carbocycles. The lowest BCUT2D eigenvalue weighted by molar-refractivity contribution is 0.0935. The fourth-order valence-corrected chi connectivity index (χ4v) is 2.62. The summed E-state index contributed by atoms with van der Waals surface area (Å²) in [5, 5.41) is 12.4. The molecule has 0 saturated heterocycles. The van der Waals surface area contributed by atoms with Crippen molar-refractivity contribution in [2.75, 3.05) is 6.54 Å². The summed E-state index contributed by atoms with van der Waals surface area (Å²) in [5.41, 5.74) is 0.732. The third kappa shape index (κ3) is 3.13. The zero-order chi connectivity index (χ0) is 13.0. The number of carbonyl (C=O) groups excluding carboxylic acids is 1. The van der Waals surface area contributed by atoms with Crippen LogP contribution in [0.5, 0.6) is 0 Å². The van der Waals surface area contributed by atoms with E-state index >= 15 is 0 Å². The van der Waals surface area contributed by atoms with Gasteiger partial charge < -0.3 is 15.0 Å². The number of aliphatic hydroxyl groups is 1. The van der Waals surface area contributed by atoms with Gasteiger partial charge in [-0.1, -0.05) is 6.92 Å². The Labute approximate surface area is 108 Å². The van der Waals surface area contributed by atoms with Crippen molar-refractivity contribution in [2.24, 2.45) is 5.92 Å². The van der Waals surface area contributed by atoms with Crippen molar-refractivity contribution in [3.05, 3.63) is 24.0 Å². The Morgan fingerprint density at radius 3 is 3.06 bits per heavy atom. The van der Waals surface area contributed by atoms with Crippen LogP contribution >= 0.6 is 0 Å². The van der Waals surface area contributed by atoms with Crippen LogP contribution in [0.1, 0.15) is 43.1 Å². The van der Waals surface area contributed by atoms with E-state index in [-0.39, 0.29) is 12.0 Å². The second kappa shape index (κ2) is 6.05. The van der Waals surface area contributed by atoms with Gasteiger partial charge in [0.2, 0.25) is 0 Å². The third-order valence-corrected chi connectivity index (χ3v) is 3.59. The first-order valence-corrected chi connectivity index (χ1v) is 6.82. The molecular formula is C14H22N2O2. The monoisotopic (exact) mass is 250 g/mol. The summed E-state index contributed by atoms with van der Waals surface area (Å²) in [7, 11) is 0. The molecular weight excluding hydrogens is 228 g/mol. The number of aliphatic hydroxyl groups excluding tert-OH is 1. The number of hydrogen-bond donors (Lipinski definition) is 2. The van der Waals surface area contributed by atoms with Crippen molar-refractivity contribution in [1.82, 2.24) is 9.88 Å². The van der Waals surface area contributed by atoms with Gasteiger partial charge in [0.15, 0.2) is 0 Å². The zero-order valence-electron chi connectivity index (χ0n) is 10.9. The lowest BCUT2D eigenvalue weighted by Gasteiger charge is -2.12. The summed E-state index contributed by atoms with van der Waals surface area (Å²) >= 11 is 0. The fraction of sp³-hybridized carbons (Fsp3) is 0.643. The number of aryl methyl sites for hydroxylation is 1. The molecule has 0 bridgehead atoms. The highest BCUT2D eigenvalue weighted by Crippen LogP contribution is 2.24. The van der Waals surface area contributed by atoms with Gasteiger partial charge in [0.1, 0.15) is 5.69 Å². The molecule has 1 saturated carbocycles. The Morgan fingerprint density at radius 1 is 1.56 bits per heavy atom. The van der Waals surface area contributed by atoms with Crippen molar-refractivity contribution in [3.8, 4) is 0 Å². The fourth-order valence-electron chi connectivity index (χ4n) is 2.62. The molecule has 0 spiro atoms. The van der Waals surface area contributed by atoms with Gasteiger partial charge in [-0.15, -0.1) is 0 Å². The molecule has 4 heteroatoms. The number of nitrogens with one attached hydrogen (secondary N) is 1. The molecule has 1 fully saturated rings. The van der Waals surface area contributed by atoms with Crippen LogP contribution in [0.4, 0.5) is 0 Å². The van der Waals surface area contributed by atoms with Gasteiger partial charge in [-0.2, -0.15) is 0 Å². The third-order valence-electron chi connectivity index (χ3n) is 3.59. The highest BCUT2D eigenvalue weighted by molar-refractivity contribution is 5.92. The number of aromatic nitrogens is 1. The summed E-state index contributed by atoms with van der Waals surface area (Å²) in [6, 6.07) is 3.76. The van der Waals surface area contributed by atoms with E-state index in [1.165, 1.54) is 0 Å². The van der Waals surface area contributed by atoms with E-state index in [1.54, 1.807) is 0 Å². The summed E-state index contributed by atoms with van der Waals surface area (Å²) in [5.74, 6) is 0.424. The quantitative estimate of drug-likeness (QED) is 0.837. The summed E-state index contributed by atoms with van der Waals surface area (Å²) in [6.45, 7) is 3.65. The smallest absolute Gasteiger partial charge is 0.267 e. The molecule has 2 atom stereocenters. The highest BCUT2D eigenvalue weighted by Gasteiger charge is 2.23. The van der Waals surface area contributed by atoms with Crippen molar-refractivity contribution in [2.45, 2.75) is 45.3 Å². The largest absolute Gasteiger partial charge is 0.393 e. The number of nitrogens with zero attached hydrogens (tertiary/aromatic N) is 1. The average molecular weight is 250 g/mol. The predicted molar refractivity (Wildman–Crippen MR) is 70.4 cm³/mol. The maximum absolute atomic E-state index is 12.0.